The Hall–Kier alpha value is -0.900. The molecule has 1 unspecified atom stereocenters. The monoisotopic (exact) mass is 327 g/mol. The second-order valence-electron chi connectivity index (χ2n) is 4.15. The van der Waals surface area contributed by atoms with E-state index in [1.807, 2.05) is 6.07 Å². The van der Waals surface area contributed by atoms with Crippen LogP contribution >= 0.6 is 27.5 Å². The highest BCUT2D eigenvalue weighted by Crippen LogP contribution is 2.29. The summed E-state index contributed by atoms with van der Waals surface area (Å²) in [5.74, 6) is -0.221. The Bertz CT molecular complexity index is 586. The number of halogens is 3. The maximum Gasteiger partial charge on any atom is 0.126 e. The van der Waals surface area contributed by atoms with Crippen LogP contribution in [0, 0.1) is 12.7 Å². The molecule has 2 N–H and O–H groups in total. The molecule has 0 aliphatic carbocycles. The van der Waals surface area contributed by atoms with Crippen LogP contribution in [0.15, 0.2) is 40.9 Å². The zero-order chi connectivity index (χ0) is 13.3. The number of hydrogen-bond acceptors (Lipinski definition) is 1. The van der Waals surface area contributed by atoms with Crippen molar-refractivity contribution in [3.05, 3.63) is 68.4 Å². The molecule has 0 spiro atoms. The summed E-state index contributed by atoms with van der Waals surface area (Å²) in [5.41, 5.74) is 8.58. The van der Waals surface area contributed by atoms with Gasteiger partial charge in [-0.15, -0.1) is 0 Å². The summed E-state index contributed by atoms with van der Waals surface area (Å²) in [4.78, 5) is 0. The van der Waals surface area contributed by atoms with Gasteiger partial charge < -0.3 is 5.73 Å². The van der Waals surface area contributed by atoms with Crippen molar-refractivity contribution in [2.24, 2.45) is 5.73 Å². The third-order valence-corrected chi connectivity index (χ3v) is 3.76. The van der Waals surface area contributed by atoms with Crippen LogP contribution in [0.5, 0.6) is 0 Å². The molecule has 0 saturated heterocycles. The second-order valence-corrected chi connectivity index (χ2v) is 5.44. The Morgan fingerprint density at radius 3 is 2.56 bits per heavy atom. The van der Waals surface area contributed by atoms with E-state index in [0.29, 0.717) is 10.6 Å². The van der Waals surface area contributed by atoms with Gasteiger partial charge in [-0.05, 0) is 41.8 Å². The molecule has 0 aliphatic rings. The Kier molecular flexibility index (Phi) is 4.05. The summed E-state index contributed by atoms with van der Waals surface area (Å²) in [6, 6.07) is 10.1. The highest BCUT2D eigenvalue weighted by molar-refractivity contribution is 9.10. The van der Waals surface area contributed by atoms with Crippen LogP contribution in [-0.2, 0) is 0 Å². The molecule has 1 nitrogen and oxygen atoms in total. The minimum Gasteiger partial charge on any atom is -0.320 e. The summed E-state index contributed by atoms with van der Waals surface area (Å²) in [7, 11) is 0. The zero-order valence-corrected chi connectivity index (χ0v) is 12.1. The summed E-state index contributed by atoms with van der Waals surface area (Å²) < 4.78 is 14.1. The van der Waals surface area contributed by atoms with Gasteiger partial charge in [0.05, 0.1) is 6.04 Å². The molecular weight excluding hydrogens is 317 g/mol. The lowest BCUT2D eigenvalue weighted by Gasteiger charge is -2.15. The molecule has 0 radical (unpaired) electrons. The van der Waals surface area contributed by atoms with Crippen molar-refractivity contribution in [3.8, 4) is 0 Å². The van der Waals surface area contributed by atoms with Gasteiger partial charge in [0.1, 0.15) is 5.82 Å². The summed E-state index contributed by atoms with van der Waals surface area (Å²) in [6.45, 7) is 1.72. The fourth-order valence-corrected chi connectivity index (χ4v) is 2.72. The minimum atomic E-state index is -0.309. The molecule has 4 heteroatoms. The van der Waals surface area contributed by atoms with E-state index in [-0.39, 0.29) is 11.9 Å². The van der Waals surface area contributed by atoms with E-state index in [0.717, 1.165) is 15.6 Å². The van der Waals surface area contributed by atoms with Crippen molar-refractivity contribution in [1.82, 2.24) is 0 Å². The van der Waals surface area contributed by atoms with Gasteiger partial charge in [-0.1, -0.05) is 45.7 Å². The molecular formula is C14H12BrClFN. The summed E-state index contributed by atoms with van der Waals surface area (Å²) >= 11 is 9.33. The van der Waals surface area contributed by atoms with Crippen molar-refractivity contribution in [1.29, 1.82) is 0 Å². The molecule has 2 rings (SSSR count). The number of nitrogens with two attached hydrogens (primary N) is 1. The van der Waals surface area contributed by atoms with Crippen molar-refractivity contribution in [2.45, 2.75) is 13.0 Å². The lowest BCUT2D eigenvalue weighted by Crippen LogP contribution is -2.12. The minimum absolute atomic E-state index is 0.221. The maximum absolute atomic E-state index is 13.2. The Balaban J connectivity index is 2.41. The molecule has 0 amide bonds. The highest BCUT2D eigenvalue weighted by Gasteiger charge is 2.13. The molecule has 18 heavy (non-hydrogen) atoms. The van der Waals surface area contributed by atoms with Crippen molar-refractivity contribution >= 4 is 27.5 Å². The predicted octanol–water partition coefficient (Wildman–Crippen LogP) is 4.60. The Morgan fingerprint density at radius 1 is 1.22 bits per heavy atom. The fourth-order valence-electron chi connectivity index (χ4n) is 1.79. The second kappa shape index (κ2) is 5.39. The number of benzene rings is 2. The van der Waals surface area contributed by atoms with E-state index in [9.17, 15) is 4.39 Å². The van der Waals surface area contributed by atoms with Crippen molar-refractivity contribution in [3.63, 3.8) is 0 Å². The van der Waals surface area contributed by atoms with Gasteiger partial charge in [0.2, 0.25) is 0 Å². The molecule has 1 atom stereocenters. The topological polar surface area (TPSA) is 26.0 Å². The fraction of sp³-hybridized carbons (Fsp3) is 0.143. The lowest BCUT2D eigenvalue weighted by atomic mass is 9.98. The molecule has 0 saturated carbocycles. The maximum atomic E-state index is 13.2. The molecule has 0 heterocycles. The van der Waals surface area contributed by atoms with Crippen molar-refractivity contribution < 1.29 is 4.39 Å². The Labute approximate surface area is 119 Å². The van der Waals surface area contributed by atoms with E-state index in [1.54, 1.807) is 31.2 Å². The van der Waals surface area contributed by atoms with E-state index < -0.39 is 0 Å². The molecule has 0 fully saturated rings. The number of rotatable bonds is 2. The lowest BCUT2D eigenvalue weighted by molar-refractivity contribution is 0.617. The van der Waals surface area contributed by atoms with Gasteiger partial charge in [0.25, 0.3) is 0 Å². The first-order chi connectivity index (χ1) is 8.49. The van der Waals surface area contributed by atoms with Gasteiger partial charge >= 0.3 is 0 Å². The zero-order valence-electron chi connectivity index (χ0n) is 9.75. The predicted molar refractivity (Wildman–Crippen MR) is 76.3 cm³/mol. The number of aryl methyl sites for hydroxylation is 1. The first kappa shape index (κ1) is 13.5. The van der Waals surface area contributed by atoms with E-state index in [1.165, 1.54) is 6.07 Å². The van der Waals surface area contributed by atoms with E-state index >= 15 is 0 Å². The van der Waals surface area contributed by atoms with Crippen LogP contribution in [0.25, 0.3) is 0 Å². The third kappa shape index (κ3) is 2.74. The van der Waals surface area contributed by atoms with Gasteiger partial charge in [-0.25, -0.2) is 4.39 Å². The van der Waals surface area contributed by atoms with Crippen LogP contribution in [0.2, 0.25) is 5.02 Å². The molecule has 0 aliphatic heterocycles. The molecule has 2 aromatic rings. The average molecular weight is 329 g/mol. The first-order valence-electron chi connectivity index (χ1n) is 5.45. The number of hydrogen-bond donors (Lipinski definition) is 1. The smallest absolute Gasteiger partial charge is 0.126 e. The molecule has 0 bridgehead atoms. The summed E-state index contributed by atoms with van der Waals surface area (Å²) in [5, 5.41) is 0.646. The van der Waals surface area contributed by atoms with Crippen LogP contribution in [-0.4, -0.2) is 0 Å². The molecule has 2 aromatic carbocycles. The van der Waals surface area contributed by atoms with Crippen LogP contribution in [0.1, 0.15) is 22.7 Å². The van der Waals surface area contributed by atoms with Crippen molar-refractivity contribution in [2.75, 3.05) is 0 Å². The van der Waals surface area contributed by atoms with Crippen LogP contribution in [0.3, 0.4) is 0 Å². The van der Waals surface area contributed by atoms with Crippen LogP contribution < -0.4 is 5.73 Å². The van der Waals surface area contributed by atoms with Crippen LogP contribution in [0.4, 0.5) is 4.39 Å². The van der Waals surface area contributed by atoms with Gasteiger partial charge in [-0.3, -0.25) is 0 Å². The highest BCUT2D eigenvalue weighted by atomic mass is 79.9. The SMILES string of the molecule is Cc1cc(C(N)c2ccc(Cl)cc2Br)ccc1F. The van der Waals surface area contributed by atoms with E-state index in [2.05, 4.69) is 15.9 Å². The standard InChI is InChI=1S/C14H12BrClFN/c1-8-6-9(2-5-13(8)17)14(18)11-4-3-10(16)7-12(11)15/h2-7,14H,18H2,1H3. The average Bonchev–Trinajstić information content (AvgIpc) is 2.32. The van der Waals surface area contributed by atoms with Gasteiger partial charge in [-0.2, -0.15) is 0 Å². The third-order valence-electron chi connectivity index (χ3n) is 2.84. The van der Waals surface area contributed by atoms with E-state index in [4.69, 9.17) is 17.3 Å². The normalized spacial score (nSPS) is 12.5. The van der Waals surface area contributed by atoms with Gasteiger partial charge in [0.15, 0.2) is 0 Å². The largest absolute Gasteiger partial charge is 0.320 e. The van der Waals surface area contributed by atoms with Gasteiger partial charge in [0, 0.05) is 9.50 Å². The molecule has 94 valence electrons. The first-order valence-corrected chi connectivity index (χ1v) is 6.62. The summed E-state index contributed by atoms with van der Waals surface area (Å²) in [6.07, 6.45) is 0. The Morgan fingerprint density at radius 2 is 1.94 bits per heavy atom. The molecule has 0 aromatic heterocycles. The quantitative estimate of drug-likeness (QED) is 0.856.